The lowest BCUT2D eigenvalue weighted by molar-refractivity contribution is -0.264. The minimum Gasteiger partial charge on any atom is -0.494 e. The van der Waals surface area contributed by atoms with Gasteiger partial charge < -0.3 is 33.6 Å². The van der Waals surface area contributed by atoms with Crippen molar-refractivity contribution in [2.45, 2.75) is 37.4 Å². The van der Waals surface area contributed by atoms with Crippen LogP contribution in [0.2, 0.25) is 0 Å². The quantitative estimate of drug-likeness (QED) is 0.243. The zero-order valence-corrected chi connectivity index (χ0v) is 24.0. The van der Waals surface area contributed by atoms with Gasteiger partial charge in [0, 0.05) is 59.3 Å². The van der Waals surface area contributed by atoms with Crippen molar-refractivity contribution in [3.63, 3.8) is 0 Å². The SMILES string of the molecule is CO[C@@H]1C(N(C)C(=O)c2ccccc2)CC2OC1(C)n1c3ccccc3c3c4c[nH]c(O)c4c4c5ccccc5n2c4c31. The van der Waals surface area contributed by atoms with Gasteiger partial charge in [0.05, 0.1) is 33.5 Å². The highest BCUT2D eigenvalue weighted by molar-refractivity contribution is 6.37. The summed E-state index contributed by atoms with van der Waals surface area (Å²) in [6.07, 6.45) is 1.54. The summed E-state index contributed by atoms with van der Waals surface area (Å²) in [5.74, 6) is 0.0911. The molecule has 7 aromatic rings. The molecule has 4 aromatic carbocycles. The molecule has 0 spiro atoms. The van der Waals surface area contributed by atoms with E-state index < -0.39 is 18.1 Å². The normalized spacial score (nSPS) is 23.2. The van der Waals surface area contributed by atoms with Crippen LogP contribution in [0.25, 0.3) is 54.4 Å². The number of aromatic amines is 1. The summed E-state index contributed by atoms with van der Waals surface area (Å²) in [4.78, 5) is 18.8. The van der Waals surface area contributed by atoms with Crippen LogP contribution in [0.3, 0.4) is 0 Å². The molecule has 8 nitrogen and oxygen atoms in total. The molecule has 3 aromatic heterocycles. The van der Waals surface area contributed by atoms with E-state index in [2.05, 4.69) is 45.3 Å². The Bertz CT molecular complexity index is 2280. The van der Waals surface area contributed by atoms with Crippen LogP contribution in [0, 0.1) is 0 Å². The van der Waals surface area contributed by atoms with Crippen molar-refractivity contribution in [3.05, 3.63) is 90.6 Å². The number of likely N-dealkylation sites (N-methyl/N-ethyl adjacent to an activating group) is 1. The minimum atomic E-state index is -0.978. The van der Waals surface area contributed by atoms with Crippen LogP contribution in [0.15, 0.2) is 85.1 Å². The first-order chi connectivity index (χ1) is 20.9. The van der Waals surface area contributed by atoms with Crippen molar-refractivity contribution in [1.82, 2.24) is 19.0 Å². The molecule has 2 aliphatic heterocycles. The monoisotopic (exact) mass is 570 g/mol. The zero-order valence-electron chi connectivity index (χ0n) is 24.0. The van der Waals surface area contributed by atoms with Gasteiger partial charge in [-0.2, -0.15) is 0 Å². The Balaban J connectivity index is 1.44. The van der Waals surface area contributed by atoms with E-state index in [1.807, 2.05) is 72.7 Å². The highest BCUT2D eigenvalue weighted by atomic mass is 16.6. The lowest BCUT2D eigenvalue weighted by Gasteiger charge is -2.50. The summed E-state index contributed by atoms with van der Waals surface area (Å²) in [6.45, 7) is 2.09. The number of aromatic hydroxyl groups is 1. The number of hydrogen-bond acceptors (Lipinski definition) is 4. The molecule has 0 saturated carbocycles. The molecule has 1 saturated heterocycles. The number of benzene rings is 4. The molecule has 2 bridgehead atoms. The van der Waals surface area contributed by atoms with E-state index in [-0.39, 0.29) is 17.8 Å². The van der Waals surface area contributed by atoms with Gasteiger partial charge in [0.1, 0.15) is 12.3 Å². The van der Waals surface area contributed by atoms with E-state index >= 15 is 0 Å². The number of para-hydroxylation sites is 2. The third-order valence-corrected chi connectivity index (χ3v) is 9.91. The number of methoxy groups -OCH3 is 1. The second kappa shape index (κ2) is 8.40. The maximum absolute atomic E-state index is 13.9. The second-order valence-corrected chi connectivity index (χ2v) is 12.0. The number of rotatable bonds is 3. The van der Waals surface area contributed by atoms with Crippen molar-refractivity contribution in [3.8, 4) is 5.88 Å². The summed E-state index contributed by atoms with van der Waals surface area (Å²) in [6, 6.07) is 25.7. The van der Waals surface area contributed by atoms with Crippen molar-refractivity contribution in [2.75, 3.05) is 14.2 Å². The number of carbonyl (C=O) groups is 1. The Labute approximate surface area is 246 Å². The zero-order chi connectivity index (χ0) is 29.2. The van der Waals surface area contributed by atoms with Gasteiger partial charge in [-0.1, -0.05) is 54.6 Å². The number of H-pyrrole nitrogens is 1. The topological polar surface area (TPSA) is 84.7 Å². The molecule has 2 aliphatic rings. The van der Waals surface area contributed by atoms with Crippen LogP contribution in [0.5, 0.6) is 5.88 Å². The van der Waals surface area contributed by atoms with Crippen molar-refractivity contribution in [1.29, 1.82) is 0 Å². The Hall–Kier alpha value is -4.79. The van der Waals surface area contributed by atoms with Gasteiger partial charge in [-0.15, -0.1) is 0 Å². The molecular weight excluding hydrogens is 540 g/mol. The summed E-state index contributed by atoms with van der Waals surface area (Å²) >= 11 is 0. The van der Waals surface area contributed by atoms with Gasteiger partial charge in [0.2, 0.25) is 0 Å². The van der Waals surface area contributed by atoms with Gasteiger partial charge in [0.25, 0.3) is 5.91 Å². The first-order valence-electron chi connectivity index (χ1n) is 14.6. The number of aromatic nitrogens is 3. The molecule has 1 amide bonds. The maximum atomic E-state index is 13.9. The maximum Gasteiger partial charge on any atom is 0.253 e. The average Bonchev–Trinajstić information content (AvgIpc) is 3.68. The first kappa shape index (κ1) is 24.8. The van der Waals surface area contributed by atoms with Gasteiger partial charge in [-0.05, 0) is 31.2 Å². The Morgan fingerprint density at radius 3 is 2.35 bits per heavy atom. The van der Waals surface area contributed by atoms with Gasteiger partial charge in [-0.3, -0.25) is 4.79 Å². The summed E-state index contributed by atoms with van der Waals surface area (Å²) < 4.78 is 18.2. The van der Waals surface area contributed by atoms with Crippen molar-refractivity contribution in [2.24, 2.45) is 0 Å². The van der Waals surface area contributed by atoms with Crippen LogP contribution >= 0.6 is 0 Å². The number of amides is 1. The number of hydrogen-bond donors (Lipinski definition) is 2. The minimum absolute atomic E-state index is 0.0587. The number of carbonyl (C=O) groups excluding carboxylic acids is 1. The lowest BCUT2D eigenvalue weighted by Crippen LogP contribution is -2.61. The molecule has 4 atom stereocenters. The number of fused-ring (bicyclic) bond motifs is 13. The third kappa shape index (κ3) is 2.94. The van der Waals surface area contributed by atoms with Crippen LogP contribution in [-0.2, 0) is 15.2 Å². The Kier molecular flexibility index (Phi) is 4.84. The molecular formula is C35H30N4O4. The summed E-state index contributed by atoms with van der Waals surface area (Å²) in [7, 11) is 3.58. The molecule has 214 valence electrons. The highest BCUT2D eigenvalue weighted by Crippen LogP contribution is 2.55. The molecule has 0 aliphatic carbocycles. The fraction of sp³-hybridized carbons (Fsp3) is 0.229. The first-order valence-corrected chi connectivity index (χ1v) is 14.6. The highest BCUT2D eigenvalue weighted by Gasteiger charge is 2.54. The molecule has 1 fully saturated rings. The van der Waals surface area contributed by atoms with Crippen LogP contribution in [0.4, 0.5) is 0 Å². The lowest BCUT2D eigenvalue weighted by atomic mass is 9.91. The number of nitrogens with zero attached hydrogens (tertiary/aromatic N) is 3. The fourth-order valence-electron chi connectivity index (χ4n) is 8.20. The van der Waals surface area contributed by atoms with E-state index in [1.165, 1.54) is 0 Å². The number of nitrogens with one attached hydrogen (secondary N) is 1. The van der Waals surface area contributed by atoms with E-state index in [0.29, 0.717) is 12.0 Å². The van der Waals surface area contributed by atoms with E-state index in [4.69, 9.17) is 9.47 Å². The van der Waals surface area contributed by atoms with Crippen molar-refractivity contribution >= 4 is 60.3 Å². The van der Waals surface area contributed by atoms with E-state index in [0.717, 1.165) is 54.4 Å². The molecule has 2 N–H and O–H groups in total. The predicted octanol–water partition coefficient (Wildman–Crippen LogP) is 6.85. The molecule has 9 rings (SSSR count). The molecule has 8 heteroatoms. The summed E-state index contributed by atoms with van der Waals surface area (Å²) in [5.41, 5.74) is 3.72. The van der Waals surface area contributed by atoms with Crippen LogP contribution < -0.4 is 0 Å². The largest absolute Gasteiger partial charge is 0.494 e. The second-order valence-electron chi connectivity index (χ2n) is 12.0. The molecule has 0 radical (unpaired) electrons. The molecule has 3 unspecified atom stereocenters. The van der Waals surface area contributed by atoms with Gasteiger partial charge in [0.15, 0.2) is 11.6 Å². The average molecular weight is 571 g/mol. The predicted molar refractivity (Wildman–Crippen MR) is 167 cm³/mol. The molecule has 43 heavy (non-hydrogen) atoms. The smallest absolute Gasteiger partial charge is 0.253 e. The Morgan fingerprint density at radius 1 is 0.930 bits per heavy atom. The number of ether oxygens (including phenoxy) is 2. The van der Waals surface area contributed by atoms with Crippen LogP contribution in [0.1, 0.15) is 29.9 Å². The standard InChI is InChI=1S/C35H30N4O4/c1-35-32(42-3)25(37(2)34(41)19-11-5-4-6-12-19)17-26(43-35)38-23-15-9-7-13-20(23)28-29-22(18-36-33(29)40)27-21-14-8-10-16-24(21)39(35)31(27)30(28)38/h4-16,18,25-26,32,36,40H,17H2,1-3H3/t25?,26?,32-,35?/m1/s1. The van der Waals surface area contributed by atoms with Crippen LogP contribution in [-0.4, -0.2) is 56.3 Å². The fourth-order valence-corrected chi connectivity index (χ4v) is 8.20. The van der Waals surface area contributed by atoms with Gasteiger partial charge >= 0.3 is 0 Å². The van der Waals surface area contributed by atoms with Gasteiger partial charge in [-0.25, -0.2) is 0 Å². The summed E-state index contributed by atoms with van der Waals surface area (Å²) in [5, 5.41) is 17.1. The Morgan fingerprint density at radius 2 is 1.60 bits per heavy atom. The molecule has 5 heterocycles. The van der Waals surface area contributed by atoms with E-state index in [9.17, 15) is 9.90 Å². The van der Waals surface area contributed by atoms with Crippen molar-refractivity contribution < 1.29 is 19.4 Å². The third-order valence-electron chi connectivity index (χ3n) is 9.91. The van der Waals surface area contributed by atoms with E-state index in [1.54, 1.807) is 7.11 Å².